The first-order chi connectivity index (χ1) is 10.1. The summed E-state index contributed by atoms with van der Waals surface area (Å²) in [7, 11) is 0. The molecule has 21 heavy (non-hydrogen) atoms. The number of nitrogens with zero attached hydrogens (tertiary/aromatic N) is 3. The molecule has 0 aliphatic carbocycles. The number of anilines is 1. The predicted octanol–water partition coefficient (Wildman–Crippen LogP) is 2.97. The number of allylic oxidation sites excluding steroid dienone is 2. The van der Waals surface area contributed by atoms with Gasteiger partial charge >= 0.3 is 0 Å². The maximum atomic E-state index is 13.3. The third-order valence-electron chi connectivity index (χ3n) is 3.11. The van der Waals surface area contributed by atoms with Gasteiger partial charge in [-0.05, 0) is 48.0 Å². The van der Waals surface area contributed by atoms with E-state index < -0.39 is 6.17 Å². The summed E-state index contributed by atoms with van der Waals surface area (Å²) in [6.07, 6.45) is 6.66. The van der Waals surface area contributed by atoms with E-state index in [4.69, 9.17) is 17.3 Å². The minimum absolute atomic E-state index is 0.183. The molecule has 2 N–H and O–H groups in total. The van der Waals surface area contributed by atoms with Crippen molar-refractivity contribution < 1.29 is 4.39 Å². The third kappa shape index (κ3) is 2.94. The minimum atomic E-state index is -0.416. The second kappa shape index (κ2) is 5.63. The molecule has 0 radical (unpaired) electrons. The first-order valence-corrected chi connectivity index (χ1v) is 6.70. The number of rotatable bonds is 2. The van der Waals surface area contributed by atoms with Crippen LogP contribution in [0.2, 0.25) is 5.28 Å². The molecule has 1 aliphatic rings. The number of hydrogen-bond donors (Lipinski definition) is 1. The fraction of sp³-hybridized carbons (Fsp3) is 0.0667. The van der Waals surface area contributed by atoms with Crippen molar-refractivity contribution in [2.45, 2.75) is 6.17 Å². The van der Waals surface area contributed by atoms with Gasteiger partial charge < -0.3 is 10.6 Å². The standard InChI is InChI=1S/C15H12ClFN4/c16-15-19-6-4-13(20-15)10-5-7-21(14(18)8-10)12-3-1-2-11(17)9-12/h1-9,14H,18H2. The summed E-state index contributed by atoms with van der Waals surface area (Å²) in [6, 6.07) is 8.03. The van der Waals surface area contributed by atoms with E-state index in [-0.39, 0.29) is 11.1 Å². The Morgan fingerprint density at radius 1 is 1.29 bits per heavy atom. The van der Waals surface area contributed by atoms with Crippen LogP contribution in [0.1, 0.15) is 5.69 Å². The summed E-state index contributed by atoms with van der Waals surface area (Å²) < 4.78 is 13.3. The van der Waals surface area contributed by atoms with Gasteiger partial charge in [-0.2, -0.15) is 0 Å². The maximum Gasteiger partial charge on any atom is 0.222 e. The Morgan fingerprint density at radius 3 is 2.86 bits per heavy atom. The van der Waals surface area contributed by atoms with Crippen LogP contribution in [0.3, 0.4) is 0 Å². The predicted molar refractivity (Wildman–Crippen MR) is 81.0 cm³/mol. The van der Waals surface area contributed by atoms with Gasteiger partial charge in [0.2, 0.25) is 5.28 Å². The van der Waals surface area contributed by atoms with Gasteiger partial charge in [-0.15, -0.1) is 0 Å². The van der Waals surface area contributed by atoms with Crippen molar-refractivity contribution >= 4 is 22.9 Å². The molecule has 0 spiro atoms. The van der Waals surface area contributed by atoms with E-state index in [1.165, 1.54) is 12.1 Å². The normalized spacial score (nSPS) is 17.8. The third-order valence-corrected chi connectivity index (χ3v) is 3.30. The second-order valence-electron chi connectivity index (χ2n) is 4.53. The van der Waals surface area contributed by atoms with Crippen molar-refractivity contribution in [2.24, 2.45) is 5.73 Å². The number of nitrogens with two attached hydrogens (primary N) is 1. The molecule has 3 rings (SSSR count). The first kappa shape index (κ1) is 13.7. The van der Waals surface area contributed by atoms with Crippen LogP contribution in [-0.4, -0.2) is 16.1 Å². The average Bonchev–Trinajstić information content (AvgIpc) is 2.47. The Kier molecular flexibility index (Phi) is 3.68. The zero-order valence-corrected chi connectivity index (χ0v) is 11.7. The molecule has 1 unspecified atom stereocenters. The van der Waals surface area contributed by atoms with Crippen molar-refractivity contribution in [3.63, 3.8) is 0 Å². The maximum absolute atomic E-state index is 13.3. The van der Waals surface area contributed by atoms with Crippen LogP contribution in [0.4, 0.5) is 10.1 Å². The lowest BCUT2D eigenvalue weighted by Crippen LogP contribution is -2.38. The van der Waals surface area contributed by atoms with Crippen molar-refractivity contribution in [1.29, 1.82) is 0 Å². The van der Waals surface area contributed by atoms with E-state index in [1.54, 1.807) is 35.5 Å². The molecule has 2 heterocycles. The van der Waals surface area contributed by atoms with Crippen LogP contribution >= 0.6 is 11.6 Å². The highest BCUT2D eigenvalue weighted by Gasteiger charge is 2.17. The molecule has 1 atom stereocenters. The largest absolute Gasteiger partial charge is 0.328 e. The lowest BCUT2D eigenvalue weighted by atomic mass is 10.1. The average molecular weight is 303 g/mol. The van der Waals surface area contributed by atoms with Gasteiger partial charge in [0, 0.05) is 23.7 Å². The summed E-state index contributed by atoms with van der Waals surface area (Å²) in [5.41, 5.74) is 8.36. The van der Waals surface area contributed by atoms with E-state index >= 15 is 0 Å². The highest BCUT2D eigenvalue weighted by Crippen LogP contribution is 2.25. The molecule has 1 aromatic heterocycles. The summed E-state index contributed by atoms with van der Waals surface area (Å²) in [5.74, 6) is -0.301. The number of aromatic nitrogens is 2. The van der Waals surface area contributed by atoms with Crippen LogP contribution in [0, 0.1) is 5.82 Å². The fourth-order valence-corrected chi connectivity index (χ4v) is 2.29. The molecule has 0 amide bonds. The van der Waals surface area contributed by atoms with Crippen LogP contribution < -0.4 is 10.6 Å². The molecular weight excluding hydrogens is 291 g/mol. The number of halogens is 2. The van der Waals surface area contributed by atoms with Gasteiger partial charge in [0.15, 0.2) is 0 Å². The van der Waals surface area contributed by atoms with E-state index in [9.17, 15) is 4.39 Å². The van der Waals surface area contributed by atoms with Crippen LogP contribution in [0.25, 0.3) is 5.57 Å². The Balaban J connectivity index is 1.88. The van der Waals surface area contributed by atoms with Gasteiger partial charge in [0.25, 0.3) is 0 Å². The lowest BCUT2D eigenvalue weighted by Gasteiger charge is -2.29. The van der Waals surface area contributed by atoms with Crippen LogP contribution in [0.15, 0.2) is 54.9 Å². The van der Waals surface area contributed by atoms with Crippen molar-refractivity contribution in [2.75, 3.05) is 4.90 Å². The van der Waals surface area contributed by atoms with Gasteiger partial charge in [-0.3, -0.25) is 0 Å². The van der Waals surface area contributed by atoms with Gasteiger partial charge in [0.1, 0.15) is 12.0 Å². The van der Waals surface area contributed by atoms with E-state index in [0.717, 1.165) is 5.57 Å². The Bertz CT molecular complexity index is 729. The molecule has 4 nitrogen and oxygen atoms in total. The summed E-state index contributed by atoms with van der Waals surface area (Å²) >= 11 is 5.79. The molecule has 6 heteroatoms. The molecule has 2 aromatic rings. The first-order valence-electron chi connectivity index (χ1n) is 6.32. The smallest absolute Gasteiger partial charge is 0.222 e. The molecule has 0 saturated carbocycles. The number of hydrogen-bond acceptors (Lipinski definition) is 4. The van der Waals surface area contributed by atoms with Crippen LogP contribution in [0.5, 0.6) is 0 Å². The second-order valence-corrected chi connectivity index (χ2v) is 4.86. The quantitative estimate of drug-likeness (QED) is 0.867. The van der Waals surface area contributed by atoms with E-state index in [1.807, 2.05) is 12.2 Å². The highest BCUT2D eigenvalue weighted by atomic mass is 35.5. The van der Waals surface area contributed by atoms with Crippen molar-refractivity contribution in [1.82, 2.24) is 9.97 Å². The lowest BCUT2D eigenvalue weighted by molar-refractivity contribution is 0.627. The summed E-state index contributed by atoms with van der Waals surface area (Å²) in [6.45, 7) is 0. The van der Waals surface area contributed by atoms with Crippen molar-refractivity contribution in [3.8, 4) is 0 Å². The van der Waals surface area contributed by atoms with Gasteiger partial charge in [-0.1, -0.05) is 6.07 Å². The summed E-state index contributed by atoms with van der Waals surface area (Å²) in [4.78, 5) is 9.76. The zero-order valence-electron chi connectivity index (χ0n) is 10.9. The van der Waals surface area contributed by atoms with Crippen molar-refractivity contribution in [3.05, 3.63) is 71.7 Å². The van der Waals surface area contributed by atoms with E-state index in [2.05, 4.69) is 9.97 Å². The van der Waals surface area contributed by atoms with Gasteiger partial charge in [-0.25, -0.2) is 14.4 Å². The molecular formula is C15H12ClFN4. The molecule has 1 aromatic carbocycles. The fourth-order valence-electron chi connectivity index (χ4n) is 2.14. The Labute approximate surface area is 126 Å². The highest BCUT2D eigenvalue weighted by molar-refractivity contribution is 6.28. The Morgan fingerprint density at radius 2 is 2.14 bits per heavy atom. The molecule has 106 valence electrons. The van der Waals surface area contributed by atoms with E-state index in [0.29, 0.717) is 11.4 Å². The number of benzene rings is 1. The molecule has 0 fully saturated rings. The van der Waals surface area contributed by atoms with Gasteiger partial charge in [0.05, 0.1) is 5.69 Å². The molecule has 0 bridgehead atoms. The summed E-state index contributed by atoms with van der Waals surface area (Å²) in [5, 5.41) is 0.183. The minimum Gasteiger partial charge on any atom is -0.328 e. The molecule has 0 saturated heterocycles. The van der Waals surface area contributed by atoms with Crippen LogP contribution in [-0.2, 0) is 0 Å². The SMILES string of the molecule is NC1C=C(c2ccnc(Cl)n2)C=CN1c1cccc(F)c1. The zero-order chi connectivity index (χ0) is 14.8. The monoisotopic (exact) mass is 302 g/mol. The topological polar surface area (TPSA) is 55.0 Å². The Hall–Kier alpha value is -2.24. The molecule has 1 aliphatic heterocycles.